The van der Waals surface area contributed by atoms with E-state index in [1.807, 2.05) is 0 Å². The van der Waals surface area contributed by atoms with E-state index in [0.717, 1.165) is 18.1 Å². The molecular weight excluding hydrogens is 140 g/mol. The van der Waals surface area contributed by atoms with Crippen molar-refractivity contribution in [3.8, 4) is 0 Å². The highest BCUT2D eigenvalue weighted by molar-refractivity contribution is 8.14. The molecule has 4 nitrogen and oxygen atoms in total. The van der Waals surface area contributed by atoms with Gasteiger partial charge in [-0.25, -0.2) is 0 Å². The number of carbonyl (C=O) groups excluding carboxylic acids is 2. The van der Waals surface area contributed by atoms with Gasteiger partial charge in [-0.05, 0) is 0 Å². The summed E-state index contributed by atoms with van der Waals surface area (Å²) in [6.07, 6.45) is 1.12. The lowest BCUT2D eigenvalue weighted by Gasteiger charge is -1.87. The Morgan fingerprint density at radius 2 is 2.44 bits per heavy atom. The molecule has 0 saturated carbocycles. The van der Waals surface area contributed by atoms with Crippen molar-refractivity contribution < 1.29 is 9.59 Å². The summed E-state index contributed by atoms with van der Waals surface area (Å²) in [7, 11) is 0. The Labute approximate surface area is 55.7 Å². The number of hydrogen-bond acceptors (Lipinski definition) is 3. The number of rotatable bonds is 0. The quantitative estimate of drug-likeness (QED) is 0.520. The Morgan fingerprint density at radius 3 is 3.22 bits per heavy atom. The summed E-state index contributed by atoms with van der Waals surface area (Å²) in [5, 5.41) is 1.98. The van der Waals surface area contributed by atoms with Gasteiger partial charge in [0.25, 0.3) is 0 Å². The number of nitrogens with zero attached hydrogens (tertiary/aromatic N) is 1. The van der Waals surface area contributed by atoms with Crippen LogP contribution in [0.3, 0.4) is 0 Å². The molecule has 0 aromatic rings. The van der Waals surface area contributed by atoms with E-state index in [2.05, 4.69) is 10.3 Å². The van der Waals surface area contributed by atoms with Gasteiger partial charge in [0.15, 0.2) is 0 Å². The molecule has 1 rings (SSSR count). The highest BCUT2D eigenvalue weighted by Crippen LogP contribution is 2.04. The standard InChI is InChI=1S/C4H4N2O2S/c7-3-1-9-4(8)6-2-5-3/h2H,1H2,(H,5,6,7,8). The maximum Gasteiger partial charge on any atom is 0.306 e. The minimum Gasteiger partial charge on any atom is -0.316 e. The van der Waals surface area contributed by atoms with Crippen molar-refractivity contribution in [3.63, 3.8) is 0 Å². The third kappa shape index (κ3) is 1.85. The molecule has 2 amide bonds. The number of thioether (sulfide) groups is 1. The van der Waals surface area contributed by atoms with Crippen LogP contribution in [0.15, 0.2) is 4.99 Å². The Balaban J connectivity index is 2.58. The molecule has 9 heavy (non-hydrogen) atoms. The Hall–Kier alpha value is -0.840. The first-order valence-electron chi connectivity index (χ1n) is 2.28. The Bertz CT molecular complexity index is 177. The van der Waals surface area contributed by atoms with Crippen LogP contribution in [0.4, 0.5) is 4.79 Å². The lowest BCUT2D eigenvalue weighted by Crippen LogP contribution is -2.21. The van der Waals surface area contributed by atoms with E-state index in [9.17, 15) is 9.59 Å². The minimum absolute atomic E-state index is 0.166. The first-order valence-corrected chi connectivity index (χ1v) is 3.26. The fraction of sp³-hybridized carbons (Fsp3) is 0.250. The third-order valence-electron chi connectivity index (χ3n) is 0.722. The molecule has 0 aliphatic carbocycles. The van der Waals surface area contributed by atoms with Gasteiger partial charge in [-0.15, -0.1) is 0 Å². The number of nitrogens with one attached hydrogen (secondary N) is 1. The first-order chi connectivity index (χ1) is 4.29. The van der Waals surface area contributed by atoms with E-state index in [4.69, 9.17) is 0 Å². The average Bonchev–Trinajstić information content (AvgIpc) is 1.97. The monoisotopic (exact) mass is 144 g/mol. The van der Waals surface area contributed by atoms with Crippen molar-refractivity contribution in [1.29, 1.82) is 0 Å². The van der Waals surface area contributed by atoms with Crippen LogP contribution < -0.4 is 5.32 Å². The molecule has 1 aliphatic heterocycles. The van der Waals surface area contributed by atoms with Crippen LogP contribution in [0.1, 0.15) is 0 Å². The third-order valence-corrected chi connectivity index (χ3v) is 1.48. The molecule has 0 spiro atoms. The fourth-order valence-corrected chi connectivity index (χ4v) is 0.828. The molecule has 0 aromatic heterocycles. The van der Waals surface area contributed by atoms with Gasteiger partial charge in [-0.2, -0.15) is 4.99 Å². The smallest absolute Gasteiger partial charge is 0.306 e. The zero-order valence-corrected chi connectivity index (χ0v) is 5.27. The molecule has 5 heteroatoms. The molecule has 0 radical (unpaired) electrons. The Morgan fingerprint density at radius 1 is 1.67 bits per heavy atom. The van der Waals surface area contributed by atoms with Crippen molar-refractivity contribution in [3.05, 3.63) is 0 Å². The molecule has 0 atom stereocenters. The summed E-state index contributed by atoms with van der Waals surface area (Å²) in [4.78, 5) is 24.2. The Kier molecular flexibility index (Phi) is 1.84. The van der Waals surface area contributed by atoms with E-state index in [1.165, 1.54) is 0 Å². The highest BCUT2D eigenvalue weighted by atomic mass is 32.2. The molecule has 48 valence electrons. The van der Waals surface area contributed by atoms with Crippen LogP contribution in [-0.2, 0) is 4.79 Å². The number of hydrogen-bond donors (Lipinski definition) is 1. The van der Waals surface area contributed by atoms with Crippen LogP contribution >= 0.6 is 11.8 Å². The maximum absolute atomic E-state index is 10.5. The van der Waals surface area contributed by atoms with Crippen molar-refractivity contribution in [2.45, 2.75) is 0 Å². The van der Waals surface area contributed by atoms with Crippen molar-refractivity contribution in [1.82, 2.24) is 5.32 Å². The summed E-state index contributed by atoms with van der Waals surface area (Å²) >= 11 is 0.898. The van der Waals surface area contributed by atoms with E-state index < -0.39 is 0 Å². The lowest BCUT2D eigenvalue weighted by molar-refractivity contribution is -0.117. The largest absolute Gasteiger partial charge is 0.316 e. The van der Waals surface area contributed by atoms with Crippen LogP contribution in [-0.4, -0.2) is 23.2 Å². The van der Waals surface area contributed by atoms with Gasteiger partial charge >= 0.3 is 5.24 Å². The number of carbonyl (C=O) groups is 2. The average molecular weight is 144 g/mol. The first kappa shape index (κ1) is 6.28. The van der Waals surface area contributed by atoms with Crippen molar-refractivity contribution in [2.75, 3.05) is 5.75 Å². The topological polar surface area (TPSA) is 58.5 Å². The van der Waals surface area contributed by atoms with Gasteiger partial charge in [0, 0.05) is 0 Å². The predicted octanol–water partition coefficient (Wildman–Crippen LogP) is -0.00230. The summed E-state index contributed by atoms with van der Waals surface area (Å²) in [5.41, 5.74) is 0. The van der Waals surface area contributed by atoms with Crippen LogP contribution in [0, 0.1) is 0 Å². The SMILES string of the molecule is O=C1CSC(=O)N=CN1. The molecule has 0 fully saturated rings. The summed E-state index contributed by atoms with van der Waals surface area (Å²) in [5.74, 6) is -0.0200. The normalized spacial score (nSPS) is 19.1. The molecule has 0 unspecified atom stereocenters. The zero-order valence-electron chi connectivity index (χ0n) is 4.46. The van der Waals surface area contributed by atoms with Crippen molar-refractivity contribution >= 4 is 29.2 Å². The second kappa shape index (κ2) is 2.63. The number of aliphatic imine (C=N–C) groups is 1. The summed E-state index contributed by atoms with van der Waals surface area (Å²) in [6, 6.07) is 0. The van der Waals surface area contributed by atoms with Crippen LogP contribution in [0.25, 0.3) is 0 Å². The molecule has 0 aromatic carbocycles. The second-order valence-corrected chi connectivity index (χ2v) is 2.31. The van der Waals surface area contributed by atoms with Gasteiger partial charge in [-0.1, -0.05) is 11.8 Å². The number of amides is 2. The second-order valence-electron chi connectivity index (χ2n) is 1.38. The fourth-order valence-electron chi connectivity index (χ4n) is 0.363. The summed E-state index contributed by atoms with van der Waals surface area (Å²) < 4.78 is 0. The van der Waals surface area contributed by atoms with Gasteiger partial charge < -0.3 is 5.32 Å². The molecule has 0 saturated heterocycles. The minimum atomic E-state index is -0.326. The predicted molar refractivity (Wildman–Crippen MR) is 34.5 cm³/mol. The van der Waals surface area contributed by atoms with E-state index >= 15 is 0 Å². The molecule has 1 N–H and O–H groups in total. The highest BCUT2D eigenvalue weighted by Gasteiger charge is 2.07. The lowest BCUT2D eigenvalue weighted by atomic mass is 10.7. The van der Waals surface area contributed by atoms with Crippen molar-refractivity contribution in [2.24, 2.45) is 4.99 Å². The molecule has 1 aliphatic rings. The van der Waals surface area contributed by atoms with Crippen LogP contribution in [0.5, 0.6) is 0 Å². The van der Waals surface area contributed by atoms with Crippen LogP contribution in [0.2, 0.25) is 0 Å². The van der Waals surface area contributed by atoms with Gasteiger partial charge in [-0.3, -0.25) is 9.59 Å². The van der Waals surface area contributed by atoms with E-state index in [0.29, 0.717) is 0 Å². The molecule has 1 heterocycles. The van der Waals surface area contributed by atoms with E-state index in [-0.39, 0.29) is 16.9 Å². The van der Waals surface area contributed by atoms with Gasteiger partial charge in [0.2, 0.25) is 5.91 Å². The van der Waals surface area contributed by atoms with Gasteiger partial charge in [0.05, 0.1) is 12.1 Å². The molecular formula is C4H4N2O2S. The molecule has 0 bridgehead atoms. The maximum atomic E-state index is 10.5. The van der Waals surface area contributed by atoms with Gasteiger partial charge in [0.1, 0.15) is 0 Å². The zero-order chi connectivity index (χ0) is 6.69. The van der Waals surface area contributed by atoms with E-state index in [1.54, 1.807) is 0 Å². The summed E-state index contributed by atoms with van der Waals surface area (Å²) in [6.45, 7) is 0.